The predicted octanol–water partition coefficient (Wildman–Crippen LogP) is 3.04. The van der Waals surface area contributed by atoms with Gasteiger partial charge in [0.25, 0.3) is 0 Å². The quantitative estimate of drug-likeness (QED) is 0.457. The second-order valence-electron chi connectivity index (χ2n) is 5.60. The van der Waals surface area contributed by atoms with Gasteiger partial charge in [-0.2, -0.15) is 5.10 Å². The summed E-state index contributed by atoms with van der Waals surface area (Å²) in [5, 5.41) is 9.17. The third kappa shape index (κ3) is 3.57. The van der Waals surface area contributed by atoms with Crippen LogP contribution in [0, 0.1) is 0 Å². The molecular weight excluding hydrogens is 298 g/mol. The van der Waals surface area contributed by atoms with E-state index in [1.807, 2.05) is 79.7 Å². The van der Waals surface area contributed by atoms with Gasteiger partial charge in [0.1, 0.15) is 5.69 Å². The lowest BCUT2D eigenvalue weighted by atomic mass is 10.2. The molecule has 2 aromatic carbocycles. The Morgan fingerprint density at radius 1 is 1.00 bits per heavy atom. The first-order valence-electron chi connectivity index (χ1n) is 7.63. The Labute approximate surface area is 141 Å². The molecule has 2 N–H and O–H groups in total. The molecule has 1 heterocycles. The number of hydrogen-bond donors (Lipinski definition) is 1. The van der Waals surface area contributed by atoms with Crippen molar-refractivity contribution in [1.82, 2.24) is 4.98 Å². The number of fused-ring (bicyclic) bond motifs is 1. The smallest absolute Gasteiger partial charge is 0.172 e. The van der Waals surface area contributed by atoms with E-state index >= 15 is 0 Å². The molecule has 0 aliphatic carbocycles. The van der Waals surface area contributed by atoms with Gasteiger partial charge < -0.3 is 10.6 Å². The number of aromatic nitrogens is 1. The lowest BCUT2D eigenvalue weighted by Gasteiger charge is -2.11. The first-order chi connectivity index (χ1) is 11.6. The van der Waals surface area contributed by atoms with Crippen molar-refractivity contribution in [3.63, 3.8) is 0 Å². The van der Waals surface area contributed by atoms with Crippen molar-refractivity contribution in [2.75, 3.05) is 19.0 Å². The second-order valence-corrected chi connectivity index (χ2v) is 5.60. The molecule has 0 spiro atoms. The highest BCUT2D eigenvalue weighted by molar-refractivity contribution is 5.98. The Kier molecular flexibility index (Phi) is 4.52. The number of nitrogens with zero attached hydrogens (tertiary/aromatic N) is 4. The maximum Gasteiger partial charge on any atom is 0.172 e. The van der Waals surface area contributed by atoms with Gasteiger partial charge in [-0.1, -0.05) is 36.4 Å². The van der Waals surface area contributed by atoms with E-state index in [4.69, 9.17) is 5.73 Å². The fraction of sp³-hybridized carbons (Fsp3) is 0.105. The largest absolute Gasteiger partial charge is 0.380 e. The van der Waals surface area contributed by atoms with Crippen LogP contribution in [-0.2, 0) is 0 Å². The van der Waals surface area contributed by atoms with E-state index in [0.717, 1.165) is 22.2 Å². The number of rotatable bonds is 4. The van der Waals surface area contributed by atoms with Crippen molar-refractivity contribution in [1.29, 1.82) is 0 Å². The Hall–Kier alpha value is -3.21. The standard InChI is InChI=1S/C19H19N5/c1-24(2)16-10-7-14(8-11-16)13-21-23-19(20)18-12-9-15-5-3-4-6-17(15)22-18/h3-13H,1-2H3,(H2,20,23)/b21-13+. The molecule has 0 amide bonds. The molecule has 3 rings (SSSR count). The summed E-state index contributed by atoms with van der Waals surface area (Å²) in [5.41, 5.74) is 9.58. The molecule has 0 bridgehead atoms. The number of nitrogens with two attached hydrogens (primary N) is 1. The maximum absolute atomic E-state index is 5.98. The number of para-hydroxylation sites is 1. The summed E-state index contributed by atoms with van der Waals surface area (Å²) in [7, 11) is 4.01. The van der Waals surface area contributed by atoms with Gasteiger partial charge in [-0.15, -0.1) is 5.10 Å². The van der Waals surface area contributed by atoms with Crippen LogP contribution in [0.1, 0.15) is 11.3 Å². The van der Waals surface area contributed by atoms with Crippen LogP contribution in [0.2, 0.25) is 0 Å². The highest BCUT2D eigenvalue weighted by Crippen LogP contribution is 2.12. The summed E-state index contributed by atoms with van der Waals surface area (Å²) in [4.78, 5) is 6.54. The zero-order valence-electron chi connectivity index (χ0n) is 13.7. The first kappa shape index (κ1) is 15.7. The fourth-order valence-electron chi connectivity index (χ4n) is 2.28. The maximum atomic E-state index is 5.98. The summed E-state index contributed by atoms with van der Waals surface area (Å²) in [5.74, 6) is 0.293. The summed E-state index contributed by atoms with van der Waals surface area (Å²) < 4.78 is 0. The van der Waals surface area contributed by atoms with Crippen LogP contribution in [-0.4, -0.2) is 31.1 Å². The molecule has 0 atom stereocenters. The van der Waals surface area contributed by atoms with E-state index in [2.05, 4.69) is 15.2 Å². The second kappa shape index (κ2) is 6.91. The topological polar surface area (TPSA) is 66.9 Å². The van der Waals surface area contributed by atoms with Gasteiger partial charge >= 0.3 is 0 Å². The normalized spacial score (nSPS) is 12.0. The molecule has 120 valence electrons. The van der Waals surface area contributed by atoms with Crippen LogP contribution in [0.5, 0.6) is 0 Å². The summed E-state index contributed by atoms with van der Waals surface area (Å²) in [6.07, 6.45) is 1.67. The number of hydrogen-bond acceptors (Lipinski definition) is 4. The van der Waals surface area contributed by atoms with Crippen LogP contribution in [0.25, 0.3) is 10.9 Å². The molecule has 3 aromatic rings. The van der Waals surface area contributed by atoms with Crippen molar-refractivity contribution in [2.24, 2.45) is 15.9 Å². The Morgan fingerprint density at radius 3 is 2.50 bits per heavy atom. The van der Waals surface area contributed by atoms with E-state index < -0.39 is 0 Å². The third-order valence-corrected chi connectivity index (χ3v) is 3.64. The van der Waals surface area contributed by atoms with Crippen molar-refractivity contribution in [2.45, 2.75) is 0 Å². The highest BCUT2D eigenvalue weighted by Gasteiger charge is 2.01. The fourth-order valence-corrected chi connectivity index (χ4v) is 2.28. The van der Waals surface area contributed by atoms with Gasteiger partial charge in [0.05, 0.1) is 11.7 Å². The molecule has 0 unspecified atom stereocenters. The number of anilines is 1. The predicted molar refractivity (Wildman–Crippen MR) is 101 cm³/mol. The number of pyridine rings is 1. The summed E-state index contributed by atoms with van der Waals surface area (Å²) in [6.45, 7) is 0. The molecular formula is C19H19N5. The van der Waals surface area contributed by atoms with E-state index in [9.17, 15) is 0 Å². The van der Waals surface area contributed by atoms with Crippen molar-refractivity contribution >= 4 is 28.6 Å². The zero-order chi connectivity index (χ0) is 16.9. The molecule has 24 heavy (non-hydrogen) atoms. The molecule has 0 saturated carbocycles. The first-order valence-corrected chi connectivity index (χ1v) is 7.63. The van der Waals surface area contributed by atoms with E-state index in [1.165, 1.54) is 0 Å². The zero-order valence-corrected chi connectivity index (χ0v) is 13.7. The molecule has 0 aliphatic heterocycles. The van der Waals surface area contributed by atoms with E-state index in [-0.39, 0.29) is 0 Å². The minimum Gasteiger partial charge on any atom is -0.380 e. The number of benzene rings is 2. The lowest BCUT2D eigenvalue weighted by Crippen LogP contribution is -2.14. The Balaban J connectivity index is 1.76. The van der Waals surface area contributed by atoms with Gasteiger partial charge in [0, 0.05) is 25.2 Å². The molecule has 0 radical (unpaired) electrons. The summed E-state index contributed by atoms with van der Waals surface area (Å²) >= 11 is 0. The molecule has 1 aromatic heterocycles. The van der Waals surface area contributed by atoms with E-state index in [0.29, 0.717) is 11.5 Å². The van der Waals surface area contributed by atoms with E-state index in [1.54, 1.807) is 6.21 Å². The highest BCUT2D eigenvalue weighted by atomic mass is 15.2. The van der Waals surface area contributed by atoms with Crippen LogP contribution in [0.3, 0.4) is 0 Å². The minimum atomic E-state index is 0.293. The van der Waals surface area contributed by atoms with Crippen molar-refractivity contribution < 1.29 is 0 Å². The average Bonchev–Trinajstić information content (AvgIpc) is 2.61. The monoisotopic (exact) mass is 317 g/mol. The van der Waals surface area contributed by atoms with Gasteiger partial charge in [-0.3, -0.25) is 0 Å². The van der Waals surface area contributed by atoms with Crippen molar-refractivity contribution in [3.05, 3.63) is 71.9 Å². The summed E-state index contributed by atoms with van der Waals surface area (Å²) in [6, 6.07) is 19.7. The van der Waals surface area contributed by atoms with Crippen LogP contribution < -0.4 is 10.6 Å². The SMILES string of the molecule is CN(C)c1ccc(/C=N/N=C(\N)c2ccc3ccccc3n2)cc1. The van der Waals surface area contributed by atoms with Crippen LogP contribution >= 0.6 is 0 Å². The molecule has 5 nitrogen and oxygen atoms in total. The van der Waals surface area contributed by atoms with Crippen molar-refractivity contribution in [3.8, 4) is 0 Å². The lowest BCUT2D eigenvalue weighted by molar-refractivity contribution is 1.13. The van der Waals surface area contributed by atoms with Crippen LogP contribution in [0.4, 0.5) is 5.69 Å². The van der Waals surface area contributed by atoms with Crippen LogP contribution in [0.15, 0.2) is 70.9 Å². The van der Waals surface area contributed by atoms with Gasteiger partial charge in [-0.25, -0.2) is 4.98 Å². The molecule has 5 heteroatoms. The van der Waals surface area contributed by atoms with Gasteiger partial charge in [0.15, 0.2) is 5.84 Å². The third-order valence-electron chi connectivity index (χ3n) is 3.64. The molecule has 0 fully saturated rings. The van der Waals surface area contributed by atoms with Gasteiger partial charge in [-0.05, 0) is 29.8 Å². The average molecular weight is 317 g/mol. The molecule has 0 aliphatic rings. The Morgan fingerprint density at radius 2 is 1.75 bits per heavy atom. The number of amidine groups is 1. The van der Waals surface area contributed by atoms with Gasteiger partial charge in [0.2, 0.25) is 0 Å². The Bertz CT molecular complexity index is 895. The minimum absolute atomic E-state index is 0.293. The molecule has 0 saturated heterocycles.